The highest BCUT2D eigenvalue weighted by Crippen LogP contribution is 2.03. The van der Waals surface area contributed by atoms with Gasteiger partial charge in [-0.2, -0.15) is 0 Å². The van der Waals surface area contributed by atoms with Crippen LogP contribution < -0.4 is 0 Å². The molecule has 0 saturated heterocycles. The summed E-state index contributed by atoms with van der Waals surface area (Å²) in [6, 6.07) is 0. The van der Waals surface area contributed by atoms with Gasteiger partial charge in [-0.25, -0.2) is 0 Å². The lowest BCUT2D eigenvalue weighted by molar-refractivity contribution is -0.140. The Morgan fingerprint density at radius 2 is 1.39 bits per heavy atom. The van der Waals surface area contributed by atoms with Crippen molar-refractivity contribution in [3.8, 4) is 0 Å². The normalized spacial score (nSPS) is 11.9. The first-order valence-electron chi connectivity index (χ1n) is 8.97. The number of rotatable bonds is 15. The standard InChI is InChI=1S/C20H33ClO2/c1-2-3-4-5-6-7-8-9-10-11-12-13-14-15-16-17-18-23-20(22)19-21/h6-7,9-10,12-13H,2-5,8,11,14-19H2,1H3/b7-6-,10-9-,13-12-. The molecule has 0 N–H and O–H groups in total. The highest BCUT2D eigenvalue weighted by molar-refractivity contribution is 6.26. The Hall–Kier alpha value is -1.02. The molecule has 0 aliphatic carbocycles. The number of halogens is 1. The maximum Gasteiger partial charge on any atom is 0.320 e. The summed E-state index contributed by atoms with van der Waals surface area (Å²) in [7, 11) is 0. The quantitative estimate of drug-likeness (QED) is 0.150. The van der Waals surface area contributed by atoms with Crippen molar-refractivity contribution in [3.05, 3.63) is 36.5 Å². The van der Waals surface area contributed by atoms with Crippen molar-refractivity contribution in [2.75, 3.05) is 12.5 Å². The van der Waals surface area contributed by atoms with Crippen molar-refractivity contribution in [2.45, 2.75) is 71.1 Å². The lowest BCUT2D eigenvalue weighted by Crippen LogP contribution is -2.06. The second-order valence-corrected chi connectivity index (χ2v) is 5.85. The Labute approximate surface area is 147 Å². The number of carbonyl (C=O) groups is 1. The summed E-state index contributed by atoms with van der Waals surface area (Å²) in [6.07, 6.45) is 24.9. The molecule has 0 aromatic rings. The molecule has 0 saturated carbocycles. The number of hydrogen-bond donors (Lipinski definition) is 0. The second kappa shape index (κ2) is 19.0. The van der Waals surface area contributed by atoms with E-state index >= 15 is 0 Å². The summed E-state index contributed by atoms with van der Waals surface area (Å²) in [5, 5.41) is 0. The van der Waals surface area contributed by atoms with Gasteiger partial charge in [-0.3, -0.25) is 4.79 Å². The predicted molar refractivity (Wildman–Crippen MR) is 101 cm³/mol. The van der Waals surface area contributed by atoms with E-state index in [1.165, 1.54) is 25.7 Å². The van der Waals surface area contributed by atoms with Crippen LogP contribution in [-0.4, -0.2) is 18.5 Å². The third-order valence-electron chi connectivity index (χ3n) is 3.41. The van der Waals surface area contributed by atoms with Crippen LogP contribution in [0.3, 0.4) is 0 Å². The molecule has 0 rings (SSSR count). The molecule has 0 fully saturated rings. The van der Waals surface area contributed by atoms with E-state index in [1.54, 1.807) is 0 Å². The Morgan fingerprint density at radius 3 is 1.96 bits per heavy atom. The summed E-state index contributed by atoms with van der Waals surface area (Å²) in [5.74, 6) is -0.376. The van der Waals surface area contributed by atoms with Gasteiger partial charge >= 0.3 is 5.97 Å². The maximum atomic E-state index is 10.8. The van der Waals surface area contributed by atoms with Crippen LogP contribution in [0.5, 0.6) is 0 Å². The van der Waals surface area contributed by atoms with Crippen LogP contribution >= 0.6 is 11.6 Å². The first kappa shape index (κ1) is 22.0. The topological polar surface area (TPSA) is 26.3 Å². The van der Waals surface area contributed by atoms with Crippen LogP contribution in [0.15, 0.2) is 36.5 Å². The van der Waals surface area contributed by atoms with E-state index in [1.807, 2.05) is 0 Å². The molecule has 0 amide bonds. The van der Waals surface area contributed by atoms with E-state index < -0.39 is 0 Å². The van der Waals surface area contributed by atoms with Crippen LogP contribution in [0.1, 0.15) is 71.1 Å². The van der Waals surface area contributed by atoms with Crippen molar-refractivity contribution in [3.63, 3.8) is 0 Å². The molecule has 0 bridgehead atoms. The minimum absolute atomic E-state index is 0.0507. The third kappa shape index (κ3) is 18.9. The Morgan fingerprint density at radius 1 is 0.826 bits per heavy atom. The molecule has 0 aliphatic heterocycles. The van der Waals surface area contributed by atoms with E-state index in [0.717, 1.165) is 38.5 Å². The predicted octanol–water partition coefficient (Wildman–Crippen LogP) is 6.36. The second-order valence-electron chi connectivity index (χ2n) is 5.58. The van der Waals surface area contributed by atoms with Gasteiger partial charge in [0.1, 0.15) is 5.88 Å². The van der Waals surface area contributed by atoms with Crippen molar-refractivity contribution in [2.24, 2.45) is 0 Å². The minimum Gasteiger partial charge on any atom is -0.465 e. The Kier molecular flexibility index (Phi) is 18.2. The fourth-order valence-electron chi connectivity index (χ4n) is 2.06. The van der Waals surface area contributed by atoms with Gasteiger partial charge in [0.2, 0.25) is 0 Å². The minimum atomic E-state index is -0.325. The average molecular weight is 341 g/mol. The number of carbonyl (C=O) groups excluding carboxylic acids is 1. The van der Waals surface area contributed by atoms with Gasteiger partial charge in [0.05, 0.1) is 6.61 Å². The first-order valence-corrected chi connectivity index (χ1v) is 9.51. The molecule has 132 valence electrons. The number of ether oxygens (including phenoxy) is 1. The molecule has 0 spiro atoms. The summed E-state index contributed by atoms with van der Waals surface area (Å²) < 4.78 is 4.91. The number of unbranched alkanes of at least 4 members (excludes halogenated alkanes) is 6. The van der Waals surface area contributed by atoms with Crippen molar-refractivity contribution in [1.29, 1.82) is 0 Å². The number of esters is 1. The van der Waals surface area contributed by atoms with E-state index in [-0.39, 0.29) is 11.8 Å². The molecule has 0 aromatic heterocycles. The van der Waals surface area contributed by atoms with E-state index in [2.05, 4.69) is 43.4 Å². The lowest BCUT2D eigenvalue weighted by atomic mass is 10.2. The van der Waals surface area contributed by atoms with Crippen molar-refractivity contribution in [1.82, 2.24) is 0 Å². The molecule has 0 atom stereocenters. The van der Waals surface area contributed by atoms with Gasteiger partial charge in [0.25, 0.3) is 0 Å². The molecule has 23 heavy (non-hydrogen) atoms. The molecule has 0 heterocycles. The van der Waals surface area contributed by atoms with Gasteiger partial charge in [-0.1, -0.05) is 56.2 Å². The van der Waals surface area contributed by atoms with Gasteiger partial charge < -0.3 is 4.74 Å². The lowest BCUT2D eigenvalue weighted by Gasteiger charge is -2.01. The van der Waals surface area contributed by atoms with Gasteiger partial charge in [-0.15, -0.1) is 11.6 Å². The summed E-state index contributed by atoms with van der Waals surface area (Å²) in [6.45, 7) is 2.73. The van der Waals surface area contributed by atoms with E-state index in [9.17, 15) is 4.79 Å². The number of allylic oxidation sites excluding steroid dienone is 6. The zero-order valence-corrected chi connectivity index (χ0v) is 15.4. The third-order valence-corrected chi connectivity index (χ3v) is 3.62. The van der Waals surface area contributed by atoms with E-state index in [4.69, 9.17) is 16.3 Å². The number of hydrogen-bond acceptors (Lipinski definition) is 2. The average Bonchev–Trinajstić information content (AvgIpc) is 2.57. The molecule has 2 nitrogen and oxygen atoms in total. The zero-order chi connectivity index (χ0) is 17.0. The van der Waals surface area contributed by atoms with E-state index in [0.29, 0.717) is 6.61 Å². The van der Waals surface area contributed by atoms with Gasteiger partial charge in [-0.05, 0) is 51.4 Å². The summed E-state index contributed by atoms with van der Waals surface area (Å²) >= 11 is 5.34. The van der Waals surface area contributed by atoms with Crippen molar-refractivity contribution < 1.29 is 9.53 Å². The van der Waals surface area contributed by atoms with Gasteiger partial charge in [0.15, 0.2) is 0 Å². The zero-order valence-electron chi connectivity index (χ0n) is 14.6. The van der Waals surface area contributed by atoms with Crippen LogP contribution in [0.2, 0.25) is 0 Å². The van der Waals surface area contributed by atoms with Crippen LogP contribution in [0.4, 0.5) is 0 Å². The highest BCUT2D eigenvalue weighted by atomic mass is 35.5. The van der Waals surface area contributed by atoms with Crippen molar-refractivity contribution >= 4 is 17.6 Å². The SMILES string of the molecule is CCCCC/C=C\C/C=C\C/C=C\CCCCCOC(=O)CCl. The monoisotopic (exact) mass is 340 g/mol. The molecule has 0 radical (unpaired) electrons. The molecule has 3 heteroatoms. The smallest absolute Gasteiger partial charge is 0.320 e. The molecular formula is C20H33ClO2. The fourth-order valence-corrected chi connectivity index (χ4v) is 2.13. The summed E-state index contributed by atoms with van der Waals surface area (Å²) in [5.41, 5.74) is 0. The summed E-state index contributed by atoms with van der Waals surface area (Å²) in [4.78, 5) is 10.8. The Balaban J connectivity index is 3.30. The Bertz CT molecular complexity index is 346. The molecule has 0 unspecified atom stereocenters. The molecular weight excluding hydrogens is 308 g/mol. The molecule has 0 aliphatic rings. The van der Waals surface area contributed by atoms with Crippen LogP contribution in [0, 0.1) is 0 Å². The largest absolute Gasteiger partial charge is 0.465 e. The maximum absolute atomic E-state index is 10.8. The molecule has 0 aromatic carbocycles. The first-order chi connectivity index (χ1) is 11.3. The van der Waals surface area contributed by atoms with Crippen LogP contribution in [0.25, 0.3) is 0 Å². The fraction of sp³-hybridized carbons (Fsp3) is 0.650. The number of alkyl halides is 1. The van der Waals surface area contributed by atoms with Gasteiger partial charge in [0, 0.05) is 0 Å². The highest BCUT2D eigenvalue weighted by Gasteiger charge is 1.97. The van der Waals surface area contributed by atoms with Crippen LogP contribution in [-0.2, 0) is 9.53 Å².